The van der Waals surface area contributed by atoms with Gasteiger partial charge in [-0.2, -0.15) is 0 Å². The van der Waals surface area contributed by atoms with Crippen LogP contribution in [0.1, 0.15) is 18.9 Å². The van der Waals surface area contributed by atoms with Gasteiger partial charge in [0.2, 0.25) is 0 Å². The first kappa shape index (κ1) is 12.5. The molecule has 0 saturated carbocycles. The second-order valence-corrected chi connectivity index (χ2v) is 7.03. The molecule has 0 amide bonds. The zero-order valence-electron chi connectivity index (χ0n) is 11.0. The number of hydrogen-bond donors (Lipinski definition) is 1. The zero-order valence-corrected chi connectivity index (χ0v) is 11.8. The minimum absolute atomic E-state index is 0.711. The van der Waals surface area contributed by atoms with Gasteiger partial charge >= 0.3 is 0 Å². The van der Waals surface area contributed by atoms with Crippen LogP contribution in [0.15, 0.2) is 29.2 Å². The topological polar surface area (TPSA) is 29.3 Å². The van der Waals surface area contributed by atoms with Crippen LogP contribution in [0.2, 0.25) is 0 Å². The molecule has 2 heterocycles. The maximum Gasteiger partial charge on any atom is 0.0263 e. The minimum Gasteiger partial charge on any atom is -0.330 e. The maximum atomic E-state index is 5.80. The van der Waals surface area contributed by atoms with Crippen molar-refractivity contribution in [2.75, 3.05) is 19.6 Å². The predicted octanol–water partition coefficient (Wildman–Crippen LogP) is 2.37. The third kappa shape index (κ3) is 2.44. The van der Waals surface area contributed by atoms with Crippen molar-refractivity contribution in [2.24, 2.45) is 11.7 Å². The first-order chi connectivity index (χ1) is 8.76. The Balaban J connectivity index is 1.60. The van der Waals surface area contributed by atoms with Crippen molar-refractivity contribution in [3.63, 3.8) is 0 Å². The van der Waals surface area contributed by atoms with Crippen LogP contribution in [0.5, 0.6) is 0 Å². The second-order valence-electron chi connectivity index (χ2n) is 5.69. The average Bonchev–Trinajstić information content (AvgIpc) is 2.93. The number of thioether (sulfide) groups is 1. The fraction of sp³-hybridized carbons (Fsp3) is 0.600. The summed E-state index contributed by atoms with van der Waals surface area (Å²) < 4.78 is 0. The molecule has 2 aliphatic rings. The van der Waals surface area contributed by atoms with Gasteiger partial charge in [0.05, 0.1) is 0 Å². The second kappa shape index (κ2) is 5.24. The Morgan fingerprint density at radius 2 is 2.22 bits per heavy atom. The van der Waals surface area contributed by atoms with Gasteiger partial charge in [-0.15, -0.1) is 11.8 Å². The molecule has 0 aromatic heterocycles. The summed E-state index contributed by atoms with van der Waals surface area (Å²) >= 11 is 2.06. The van der Waals surface area contributed by atoms with E-state index < -0.39 is 0 Å². The molecule has 0 radical (unpaired) electrons. The molecule has 3 rings (SSSR count). The third-order valence-corrected chi connectivity index (χ3v) is 5.58. The molecule has 0 aliphatic carbocycles. The van der Waals surface area contributed by atoms with E-state index in [1.807, 2.05) is 0 Å². The molecule has 3 unspecified atom stereocenters. The van der Waals surface area contributed by atoms with Crippen LogP contribution in [0.3, 0.4) is 0 Å². The number of nitrogens with two attached hydrogens (primary N) is 1. The SMILES string of the molecule is CC1CC(CN)CN1CC1Cc2ccccc2S1. The summed E-state index contributed by atoms with van der Waals surface area (Å²) in [4.78, 5) is 4.13. The van der Waals surface area contributed by atoms with E-state index in [4.69, 9.17) is 5.73 Å². The lowest BCUT2D eigenvalue weighted by molar-refractivity contribution is 0.265. The molecule has 18 heavy (non-hydrogen) atoms. The first-order valence-electron chi connectivity index (χ1n) is 6.95. The van der Waals surface area contributed by atoms with Crippen LogP contribution >= 0.6 is 11.8 Å². The molecular weight excluding hydrogens is 240 g/mol. The molecule has 0 bridgehead atoms. The Hall–Kier alpha value is -0.510. The number of benzene rings is 1. The van der Waals surface area contributed by atoms with E-state index in [0.717, 1.165) is 11.8 Å². The van der Waals surface area contributed by atoms with Crippen molar-refractivity contribution in [1.82, 2.24) is 4.90 Å². The van der Waals surface area contributed by atoms with Gasteiger partial charge in [-0.3, -0.25) is 4.90 Å². The fourth-order valence-corrected chi connectivity index (χ4v) is 4.61. The van der Waals surface area contributed by atoms with Gasteiger partial charge in [0.25, 0.3) is 0 Å². The van der Waals surface area contributed by atoms with E-state index in [-0.39, 0.29) is 0 Å². The Bertz CT molecular complexity index is 396. The molecule has 1 fully saturated rings. The lowest BCUT2D eigenvalue weighted by Gasteiger charge is -2.24. The van der Waals surface area contributed by atoms with Crippen LogP contribution in [0.25, 0.3) is 0 Å². The number of hydrogen-bond acceptors (Lipinski definition) is 3. The number of fused-ring (bicyclic) bond motifs is 1. The largest absolute Gasteiger partial charge is 0.330 e. The lowest BCUT2D eigenvalue weighted by atomic mass is 10.1. The molecule has 0 spiro atoms. The molecule has 1 aromatic rings. The highest BCUT2D eigenvalue weighted by molar-refractivity contribution is 8.00. The smallest absolute Gasteiger partial charge is 0.0263 e. The highest BCUT2D eigenvalue weighted by Gasteiger charge is 2.31. The normalized spacial score (nSPS) is 31.8. The molecule has 1 aromatic carbocycles. The van der Waals surface area contributed by atoms with Crippen molar-refractivity contribution in [2.45, 2.75) is 36.0 Å². The quantitative estimate of drug-likeness (QED) is 0.907. The highest BCUT2D eigenvalue weighted by atomic mass is 32.2. The minimum atomic E-state index is 0.711. The molecule has 3 heteroatoms. The van der Waals surface area contributed by atoms with Gasteiger partial charge in [0.15, 0.2) is 0 Å². The van der Waals surface area contributed by atoms with Crippen molar-refractivity contribution in [3.8, 4) is 0 Å². The predicted molar refractivity (Wildman–Crippen MR) is 78.0 cm³/mol. The van der Waals surface area contributed by atoms with Gasteiger partial charge in [-0.05, 0) is 43.9 Å². The number of rotatable bonds is 3. The Morgan fingerprint density at radius 3 is 2.94 bits per heavy atom. The molecular formula is C15H22N2S. The number of nitrogens with zero attached hydrogens (tertiary/aromatic N) is 1. The summed E-state index contributed by atoms with van der Waals surface area (Å²) in [6.07, 6.45) is 2.51. The summed E-state index contributed by atoms with van der Waals surface area (Å²) in [5, 5.41) is 0.737. The molecule has 1 saturated heterocycles. The Labute approximate surface area is 114 Å². The molecule has 2 aliphatic heterocycles. The Morgan fingerprint density at radius 1 is 1.39 bits per heavy atom. The van der Waals surface area contributed by atoms with E-state index in [2.05, 4.69) is 47.9 Å². The molecule has 2 N–H and O–H groups in total. The molecule has 3 atom stereocenters. The third-order valence-electron chi connectivity index (χ3n) is 4.28. The first-order valence-corrected chi connectivity index (χ1v) is 7.83. The van der Waals surface area contributed by atoms with E-state index in [0.29, 0.717) is 12.0 Å². The summed E-state index contributed by atoms with van der Waals surface area (Å²) in [6.45, 7) is 5.61. The summed E-state index contributed by atoms with van der Waals surface area (Å²) in [5.74, 6) is 0.716. The van der Waals surface area contributed by atoms with E-state index in [1.165, 1.54) is 36.4 Å². The molecule has 98 valence electrons. The summed E-state index contributed by atoms with van der Waals surface area (Å²) in [5.41, 5.74) is 7.34. The van der Waals surface area contributed by atoms with Crippen LogP contribution in [-0.4, -0.2) is 35.8 Å². The van der Waals surface area contributed by atoms with Gasteiger partial charge in [-0.25, -0.2) is 0 Å². The van der Waals surface area contributed by atoms with Gasteiger partial charge in [-0.1, -0.05) is 18.2 Å². The van der Waals surface area contributed by atoms with Crippen LogP contribution in [-0.2, 0) is 6.42 Å². The van der Waals surface area contributed by atoms with Gasteiger partial charge in [0, 0.05) is 29.3 Å². The summed E-state index contributed by atoms with van der Waals surface area (Å²) in [6, 6.07) is 9.55. The van der Waals surface area contributed by atoms with E-state index in [1.54, 1.807) is 0 Å². The fourth-order valence-electron chi connectivity index (χ4n) is 3.26. The van der Waals surface area contributed by atoms with E-state index in [9.17, 15) is 0 Å². The Kier molecular flexibility index (Phi) is 3.64. The van der Waals surface area contributed by atoms with Crippen LogP contribution in [0.4, 0.5) is 0 Å². The van der Waals surface area contributed by atoms with Crippen LogP contribution < -0.4 is 5.73 Å². The van der Waals surface area contributed by atoms with Crippen molar-refractivity contribution >= 4 is 11.8 Å². The van der Waals surface area contributed by atoms with Gasteiger partial charge < -0.3 is 5.73 Å². The highest BCUT2D eigenvalue weighted by Crippen LogP contribution is 2.38. The lowest BCUT2D eigenvalue weighted by Crippen LogP contribution is -2.34. The molecule has 2 nitrogen and oxygen atoms in total. The van der Waals surface area contributed by atoms with Gasteiger partial charge in [0.1, 0.15) is 0 Å². The van der Waals surface area contributed by atoms with Crippen LogP contribution in [0, 0.1) is 5.92 Å². The number of likely N-dealkylation sites (tertiary alicyclic amines) is 1. The zero-order chi connectivity index (χ0) is 12.5. The standard InChI is InChI=1S/C15H22N2S/c1-11-6-12(8-16)9-17(11)10-14-7-13-4-2-3-5-15(13)18-14/h2-5,11-12,14H,6-10,16H2,1H3. The van der Waals surface area contributed by atoms with Crippen molar-refractivity contribution in [3.05, 3.63) is 29.8 Å². The maximum absolute atomic E-state index is 5.80. The van der Waals surface area contributed by atoms with E-state index >= 15 is 0 Å². The summed E-state index contributed by atoms with van der Waals surface area (Å²) in [7, 11) is 0. The monoisotopic (exact) mass is 262 g/mol. The average molecular weight is 262 g/mol. The van der Waals surface area contributed by atoms with Crippen molar-refractivity contribution in [1.29, 1.82) is 0 Å². The van der Waals surface area contributed by atoms with Crippen molar-refractivity contribution < 1.29 is 0 Å².